The van der Waals surface area contributed by atoms with Gasteiger partial charge >= 0.3 is 0 Å². The van der Waals surface area contributed by atoms with Crippen molar-refractivity contribution < 1.29 is 25.6 Å². The first-order valence-electron chi connectivity index (χ1n) is 10.6. The lowest BCUT2D eigenvalue weighted by molar-refractivity contribution is 0.160. The third kappa shape index (κ3) is 6.81. The van der Waals surface area contributed by atoms with Crippen LogP contribution in [0.2, 0.25) is 0 Å². The first-order chi connectivity index (χ1) is 15.0. The van der Waals surface area contributed by atoms with E-state index in [0.29, 0.717) is 16.7 Å². The number of hydrogen-bond donors (Lipinski definition) is 2. The Bertz CT molecular complexity index is 1190. The average Bonchev–Trinajstić information content (AvgIpc) is 2.67. The molecule has 3 N–H and O–H groups in total. The van der Waals surface area contributed by atoms with E-state index < -0.39 is 41.5 Å². The molecule has 0 fully saturated rings. The van der Waals surface area contributed by atoms with Crippen LogP contribution in [-0.4, -0.2) is 33.4 Å². The van der Waals surface area contributed by atoms with Crippen LogP contribution in [0.25, 0.3) is 11.1 Å². The number of rotatable bonds is 10. The van der Waals surface area contributed by atoms with E-state index in [1.54, 1.807) is 50.2 Å². The Balaban J connectivity index is 2.15. The summed E-state index contributed by atoms with van der Waals surface area (Å²) in [7, 11) is -7.35. The summed E-state index contributed by atoms with van der Waals surface area (Å²) >= 11 is 0. The molecule has 2 aromatic rings. The first-order valence-corrected chi connectivity index (χ1v) is 13.6. The van der Waals surface area contributed by atoms with Gasteiger partial charge < -0.3 is 0 Å². The Kier molecular flexibility index (Phi) is 8.10. The van der Waals surface area contributed by atoms with Gasteiger partial charge in [-0.1, -0.05) is 36.4 Å². The summed E-state index contributed by atoms with van der Waals surface area (Å²) in [6.45, 7) is 7.29. The summed E-state index contributed by atoms with van der Waals surface area (Å²) in [5, 5.41) is 4.66. The van der Waals surface area contributed by atoms with Gasteiger partial charge in [0.1, 0.15) is 11.5 Å². The van der Waals surface area contributed by atoms with Crippen LogP contribution < -0.4 is 9.86 Å². The molecule has 0 saturated heterocycles. The van der Waals surface area contributed by atoms with Crippen LogP contribution in [0.15, 0.2) is 42.5 Å². The highest BCUT2D eigenvalue weighted by atomic mass is 32.2. The van der Waals surface area contributed by atoms with Crippen molar-refractivity contribution in [3.8, 4) is 11.1 Å². The molecule has 33 heavy (non-hydrogen) atoms. The molecule has 10 heteroatoms. The largest absolute Gasteiger partial charge is 0.239 e. The maximum atomic E-state index is 15.3. The third-order valence-corrected chi connectivity index (χ3v) is 9.25. The SMILES string of the molecule is CC(C)S(=O)(=O)NCCc1ccc(-c2ccc(C(C)(F)CC(C)(C)S(N)(=O)=O)cc2)cc1F. The molecule has 0 radical (unpaired) electrons. The van der Waals surface area contributed by atoms with E-state index in [4.69, 9.17) is 5.14 Å². The van der Waals surface area contributed by atoms with Crippen molar-refractivity contribution in [2.75, 3.05) is 6.54 Å². The van der Waals surface area contributed by atoms with Gasteiger partial charge in [-0.3, -0.25) is 0 Å². The predicted octanol–water partition coefficient (Wildman–Crippen LogP) is 4.00. The van der Waals surface area contributed by atoms with E-state index >= 15 is 4.39 Å². The molecule has 0 aliphatic rings. The molecule has 0 aliphatic carbocycles. The highest BCUT2D eigenvalue weighted by Crippen LogP contribution is 2.37. The van der Waals surface area contributed by atoms with Crippen molar-refractivity contribution in [2.45, 2.75) is 63.1 Å². The van der Waals surface area contributed by atoms with Crippen molar-refractivity contribution in [1.29, 1.82) is 0 Å². The fourth-order valence-corrected chi connectivity index (χ4v) is 4.63. The van der Waals surface area contributed by atoms with Crippen LogP contribution in [0.4, 0.5) is 8.78 Å². The molecule has 1 atom stereocenters. The number of nitrogens with two attached hydrogens (primary N) is 1. The lowest BCUT2D eigenvalue weighted by Crippen LogP contribution is -2.42. The van der Waals surface area contributed by atoms with Crippen LogP contribution in [0.3, 0.4) is 0 Å². The van der Waals surface area contributed by atoms with Crippen LogP contribution in [0, 0.1) is 5.82 Å². The molecule has 2 aromatic carbocycles. The Labute approximate surface area is 195 Å². The van der Waals surface area contributed by atoms with Gasteiger partial charge in [0.25, 0.3) is 0 Å². The molecule has 0 heterocycles. The minimum Gasteiger partial charge on any atom is -0.239 e. The number of hydrogen-bond acceptors (Lipinski definition) is 4. The third-order valence-electron chi connectivity index (χ3n) is 5.72. The molecule has 2 rings (SSSR count). The van der Waals surface area contributed by atoms with Gasteiger partial charge in [0, 0.05) is 13.0 Å². The van der Waals surface area contributed by atoms with Crippen molar-refractivity contribution in [2.24, 2.45) is 5.14 Å². The smallest absolute Gasteiger partial charge is 0.214 e. The van der Waals surface area contributed by atoms with Crippen molar-refractivity contribution in [3.05, 3.63) is 59.4 Å². The maximum Gasteiger partial charge on any atom is 0.214 e. The minimum atomic E-state index is -3.94. The summed E-state index contributed by atoms with van der Waals surface area (Å²) in [6, 6.07) is 11.0. The predicted molar refractivity (Wildman–Crippen MR) is 128 cm³/mol. The first kappa shape index (κ1) is 27.4. The van der Waals surface area contributed by atoms with Crippen molar-refractivity contribution in [1.82, 2.24) is 4.72 Å². The number of nitrogens with one attached hydrogen (secondary N) is 1. The summed E-state index contributed by atoms with van der Waals surface area (Å²) in [5.41, 5.74) is -0.0320. The Morgan fingerprint density at radius 1 is 0.970 bits per heavy atom. The summed E-state index contributed by atoms with van der Waals surface area (Å²) in [6.07, 6.45) is -0.112. The highest BCUT2D eigenvalue weighted by molar-refractivity contribution is 7.90. The average molecular weight is 503 g/mol. The number of halogens is 2. The lowest BCUT2D eigenvalue weighted by atomic mass is 9.87. The quantitative estimate of drug-likeness (QED) is 0.512. The zero-order chi connectivity index (χ0) is 25.2. The van der Waals surface area contributed by atoms with Crippen molar-refractivity contribution in [3.63, 3.8) is 0 Å². The second-order valence-corrected chi connectivity index (χ2v) is 13.8. The van der Waals surface area contributed by atoms with Crippen molar-refractivity contribution >= 4 is 20.0 Å². The zero-order valence-corrected chi connectivity index (χ0v) is 21.2. The lowest BCUT2D eigenvalue weighted by Gasteiger charge is -2.30. The van der Waals surface area contributed by atoms with Gasteiger partial charge in [0.05, 0.1) is 10.00 Å². The summed E-state index contributed by atoms with van der Waals surface area (Å²) in [4.78, 5) is 0. The molecule has 1 unspecified atom stereocenters. The van der Waals surface area contributed by atoms with E-state index in [2.05, 4.69) is 4.72 Å². The minimum absolute atomic E-state index is 0.0927. The Hall–Kier alpha value is -1.88. The Morgan fingerprint density at radius 2 is 1.52 bits per heavy atom. The van der Waals surface area contributed by atoms with E-state index in [0.717, 1.165) is 0 Å². The maximum absolute atomic E-state index is 15.3. The van der Waals surface area contributed by atoms with E-state index in [1.807, 2.05) is 0 Å². The molecule has 0 amide bonds. The standard InChI is InChI=1S/C23H32F2N2O4S2/c1-16(2)32(28,29)27-13-12-18-6-7-19(14-21(18)24)17-8-10-20(11-9-17)23(5,25)15-22(3,4)33(26,30)31/h6-11,14,16,27H,12-13,15H2,1-5H3,(H2,26,30,31). The fourth-order valence-electron chi connectivity index (χ4n) is 3.44. The van der Waals surface area contributed by atoms with Gasteiger partial charge in [-0.25, -0.2) is 35.5 Å². The number of primary sulfonamides is 1. The van der Waals surface area contributed by atoms with Gasteiger partial charge in [0.2, 0.25) is 20.0 Å². The Morgan fingerprint density at radius 3 is 2.00 bits per heavy atom. The number of sulfonamides is 2. The summed E-state index contributed by atoms with van der Waals surface area (Å²) < 4.78 is 78.0. The highest BCUT2D eigenvalue weighted by Gasteiger charge is 2.40. The fraction of sp³-hybridized carbons (Fsp3) is 0.478. The molecule has 0 bridgehead atoms. The molecule has 0 spiro atoms. The number of benzene rings is 2. The molecule has 184 valence electrons. The van der Waals surface area contributed by atoms with Gasteiger partial charge in [0.15, 0.2) is 0 Å². The molecule has 6 nitrogen and oxygen atoms in total. The second kappa shape index (κ2) is 9.77. The molecular weight excluding hydrogens is 470 g/mol. The van der Waals surface area contributed by atoms with Crippen LogP contribution >= 0.6 is 0 Å². The van der Waals surface area contributed by atoms with Crippen LogP contribution in [0.5, 0.6) is 0 Å². The van der Waals surface area contributed by atoms with Gasteiger partial charge in [-0.15, -0.1) is 0 Å². The van der Waals surface area contributed by atoms with E-state index in [1.165, 1.54) is 26.8 Å². The zero-order valence-electron chi connectivity index (χ0n) is 19.5. The van der Waals surface area contributed by atoms with Gasteiger partial charge in [-0.05, 0) is 69.4 Å². The monoisotopic (exact) mass is 502 g/mol. The normalized spacial score (nSPS) is 14.9. The van der Waals surface area contributed by atoms with E-state index in [-0.39, 0.29) is 24.9 Å². The molecule has 0 saturated carbocycles. The van der Waals surface area contributed by atoms with Gasteiger partial charge in [-0.2, -0.15) is 0 Å². The van der Waals surface area contributed by atoms with Crippen LogP contribution in [-0.2, 0) is 32.1 Å². The molecule has 0 aromatic heterocycles. The molecular formula is C23H32F2N2O4S2. The van der Waals surface area contributed by atoms with E-state index in [9.17, 15) is 21.2 Å². The second-order valence-electron chi connectivity index (χ2n) is 9.30. The summed E-state index contributed by atoms with van der Waals surface area (Å²) in [5.74, 6) is -0.467. The number of alkyl halides is 1. The molecule has 0 aliphatic heterocycles. The van der Waals surface area contributed by atoms with Crippen LogP contribution in [0.1, 0.15) is 52.2 Å². The topological polar surface area (TPSA) is 106 Å².